The summed E-state index contributed by atoms with van der Waals surface area (Å²) in [6.07, 6.45) is 2.31. The van der Waals surface area contributed by atoms with E-state index in [0.717, 1.165) is 42.4 Å². The lowest BCUT2D eigenvalue weighted by atomic mass is 9.96. The van der Waals surface area contributed by atoms with Gasteiger partial charge in [-0.3, -0.25) is 4.79 Å². The number of hydrogen-bond donors (Lipinski definition) is 1. The van der Waals surface area contributed by atoms with E-state index in [1.807, 2.05) is 42.3 Å². The van der Waals surface area contributed by atoms with Crippen LogP contribution < -0.4 is 5.32 Å². The second-order valence-corrected chi connectivity index (χ2v) is 5.84. The molecule has 1 amide bonds. The fraction of sp³-hybridized carbons (Fsp3) is 0.389. The average molecular weight is 319 g/mol. The van der Waals surface area contributed by atoms with Crippen molar-refractivity contribution in [2.45, 2.75) is 12.8 Å². The molecule has 1 fully saturated rings. The number of benzene rings is 2. The number of piperidine rings is 1. The second-order valence-electron chi connectivity index (χ2n) is 5.84. The number of rotatable bonds is 3. The molecule has 3 nitrogen and oxygen atoms in total. The first-order valence-electron chi connectivity index (χ1n) is 7.71. The third-order valence-corrected chi connectivity index (χ3v) is 4.32. The quantitative estimate of drug-likeness (QED) is 0.941. The van der Waals surface area contributed by atoms with Crippen LogP contribution >= 0.6 is 12.4 Å². The fourth-order valence-electron chi connectivity index (χ4n) is 3.29. The molecule has 0 bridgehead atoms. The van der Waals surface area contributed by atoms with Crippen molar-refractivity contribution in [2.75, 3.05) is 26.7 Å². The molecule has 4 heteroatoms. The topological polar surface area (TPSA) is 32.3 Å². The Bertz CT molecular complexity index is 637. The number of nitrogens with one attached hydrogen (secondary N) is 1. The van der Waals surface area contributed by atoms with Crippen LogP contribution in [0, 0.1) is 5.92 Å². The highest BCUT2D eigenvalue weighted by atomic mass is 35.5. The molecule has 1 atom stereocenters. The van der Waals surface area contributed by atoms with Crippen LogP contribution in [-0.2, 0) is 0 Å². The molecule has 1 heterocycles. The summed E-state index contributed by atoms with van der Waals surface area (Å²) in [6, 6.07) is 14.1. The predicted octanol–water partition coefficient (Wildman–Crippen LogP) is 3.33. The van der Waals surface area contributed by atoms with Crippen molar-refractivity contribution in [3.8, 4) is 0 Å². The molecular weight excluding hydrogens is 296 g/mol. The third-order valence-electron chi connectivity index (χ3n) is 4.32. The lowest BCUT2D eigenvalue weighted by Gasteiger charge is -2.33. The van der Waals surface area contributed by atoms with Gasteiger partial charge in [-0.25, -0.2) is 0 Å². The van der Waals surface area contributed by atoms with Gasteiger partial charge in [0.05, 0.1) is 0 Å². The molecule has 3 rings (SSSR count). The molecule has 22 heavy (non-hydrogen) atoms. The van der Waals surface area contributed by atoms with Crippen molar-refractivity contribution >= 4 is 29.1 Å². The summed E-state index contributed by atoms with van der Waals surface area (Å²) >= 11 is 0. The summed E-state index contributed by atoms with van der Waals surface area (Å²) in [7, 11) is 1.98. The summed E-state index contributed by atoms with van der Waals surface area (Å²) in [5, 5.41) is 5.42. The number of amides is 1. The molecular formula is C18H23ClN2O. The van der Waals surface area contributed by atoms with E-state index in [2.05, 4.69) is 17.4 Å². The number of nitrogens with zero attached hydrogens (tertiary/aromatic N) is 1. The smallest absolute Gasteiger partial charge is 0.254 e. The zero-order chi connectivity index (χ0) is 14.7. The van der Waals surface area contributed by atoms with Crippen molar-refractivity contribution in [1.29, 1.82) is 0 Å². The van der Waals surface area contributed by atoms with E-state index in [9.17, 15) is 4.79 Å². The molecule has 2 aromatic rings. The molecule has 0 aromatic heterocycles. The van der Waals surface area contributed by atoms with Gasteiger partial charge in [-0.1, -0.05) is 36.4 Å². The van der Waals surface area contributed by atoms with Gasteiger partial charge in [-0.15, -0.1) is 12.4 Å². The van der Waals surface area contributed by atoms with Gasteiger partial charge in [0.25, 0.3) is 5.91 Å². The SMILES string of the molecule is CNCC1CCCN(C(=O)c2cccc3ccccc23)C1.Cl. The first-order chi connectivity index (χ1) is 10.3. The van der Waals surface area contributed by atoms with Gasteiger partial charge in [0, 0.05) is 18.7 Å². The maximum atomic E-state index is 12.9. The largest absolute Gasteiger partial charge is 0.338 e. The monoisotopic (exact) mass is 318 g/mol. The minimum Gasteiger partial charge on any atom is -0.338 e. The normalized spacial score (nSPS) is 18.0. The standard InChI is InChI=1S/C18H22N2O.ClH/c1-19-12-14-6-5-11-20(13-14)18(21)17-10-4-8-15-7-2-3-9-16(15)17;/h2-4,7-10,14,19H,5-6,11-13H2,1H3;1H. The maximum Gasteiger partial charge on any atom is 0.254 e. The van der Waals surface area contributed by atoms with Crippen molar-refractivity contribution in [1.82, 2.24) is 10.2 Å². The summed E-state index contributed by atoms with van der Waals surface area (Å²) in [5.41, 5.74) is 0.832. The summed E-state index contributed by atoms with van der Waals surface area (Å²) in [5.74, 6) is 0.746. The first-order valence-corrected chi connectivity index (χ1v) is 7.71. The molecule has 0 radical (unpaired) electrons. The van der Waals surface area contributed by atoms with Crippen molar-refractivity contribution in [3.63, 3.8) is 0 Å². The minimum absolute atomic E-state index is 0. The summed E-state index contributed by atoms with van der Waals surface area (Å²) < 4.78 is 0. The Balaban J connectivity index is 0.00000176. The number of halogens is 1. The lowest BCUT2D eigenvalue weighted by Crippen LogP contribution is -2.42. The van der Waals surface area contributed by atoms with Crippen LogP contribution in [0.2, 0.25) is 0 Å². The summed E-state index contributed by atoms with van der Waals surface area (Å²) in [6.45, 7) is 2.73. The third kappa shape index (κ3) is 3.42. The van der Waals surface area contributed by atoms with E-state index in [4.69, 9.17) is 0 Å². The lowest BCUT2D eigenvalue weighted by molar-refractivity contribution is 0.0676. The van der Waals surface area contributed by atoms with Crippen LogP contribution in [-0.4, -0.2) is 37.5 Å². The van der Waals surface area contributed by atoms with E-state index in [1.54, 1.807) is 0 Å². The number of likely N-dealkylation sites (tertiary alicyclic amines) is 1. The van der Waals surface area contributed by atoms with Crippen LogP contribution in [0.3, 0.4) is 0 Å². The van der Waals surface area contributed by atoms with Crippen LogP contribution in [0.25, 0.3) is 10.8 Å². The molecule has 0 saturated carbocycles. The van der Waals surface area contributed by atoms with E-state index in [1.165, 1.54) is 6.42 Å². The number of hydrogen-bond acceptors (Lipinski definition) is 2. The number of carbonyl (C=O) groups excluding carboxylic acids is 1. The molecule has 2 aromatic carbocycles. The molecule has 0 spiro atoms. The molecule has 0 aliphatic carbocycles. The average Bonchev–Trinajstić information content (AvgIpc) is 2.54. The summed E-state index contributed by atoms with van der Waals surface area (Å²) in [4.78, 5) is 14.9. The Morgan fingerprint density at radius 1 is 1.23 bits per heavy atom. The molecule has 118 valence electrons. The van der Waals surface area contributed by atoms with E-state index in [0.29, 0.717) is 5.92 Å². The van der Waals surface area contributed by atoms with Gasteiger partial charge in [0.1, 0.15) is 0 Å². The molecule has 1 saturated heterocycles. The van der Waals surface area contributed by atoms with Crippen LogP contribution in [0.4, 0.5) is 0 Å². The predicted molar refractivity (Wildman–Crippen MR) is 93.8 cm³/mol. The van der Waals surface area contributed by atoms with Crippen molar-refractivity contribution in [2.24, 2.45) is 5.92 Å². The van der Waals surface area contributed by atoms with E-state index >= 15 is 0 Å². The Morgan fingerprint density at radius 2 is 2.00 bits per heavy atom. The van der Waals surface area contributed by atoms with Crippen LogP contribution in [0.15, 0.2) is 42.5 Å². The Labute approximate surface area is 138 Å². The molecule has 1 N–H and O–H groups in total. The van der Waals surface area contributed by atoms with Gasteiger partial charge in [0.15, 0.2) is 0 Å². The minimum atomic E-state index is 0. The van der Waals surface area contributed by atoms with Gasteiger partial charge in [-0.05, 0) is 49.2 Å². The molecule has 1 aliphatic rings. The number of carbonyl (C=O) groups is 1. The first kappa shape index (κ1) is 16.8. The molecule has 1 aliphatic heterocycles. The number of fused-ring (bicyclic) bond motifs is 1. The van der Waals surface area contributed by atoms with E-state index in [-0.39, 0.29) is 18.3 Å². The Kier molecular flexibility index (Phi) is 5.81. The van der Waals surface area contributed by atoms with Gasteiger partial charge in [-0.2, -0.15) is 0 Å². The Morgan fingerprint density at radius 3 is 2.82 bits per heavy atom. The van der Waals surface area contributed by atoms with Crippen LogP contribution in [0.5, 0.6) is 0 Å². The highest BCUT2D eigenvalue weighted by Crippen LogP contribution is 2.23. The van der Waals surface area contributed by atoms with Crippen molar-refractivity contribution in [3.05, 3.63) is 48.0 Å². The van der Waals surface area contributed by atoms with Crippen molar-refractivity contribution < 1.29 is 4.79 Å². The Hall–Kier alpha value is -1.58. The van der Waals surface area contributed by atoms with Gasteiger partial charge >= 0.3 is 0 Å². The van der Waals surface area contributed by atoms with Crippen LogP contribution in [0.1, 0.15) is 23.2 Å². The highest BCUT2D eigenvalue weighted by Gasteiger charge is 2.24. The van der Waals surface area contributed by atoms with E-state index < -0.39 is 0 Å². The highest BCUT2D eigenvalue weighted by molar-refractivity contribution is 6.07. The zero-order valence-electron chi connectivity index (χ0n) is 12.9. The molecule has 1 unspecified atom stereocenters. The van der Waals surface area contributed by atoms with Gasteiger partial charge in [0.2, 0.25) is 0 Å². The van der Waals surface area contributed by atoms with Gasteiger partial charge < -0.3 is 10.2 Å². The maximum absolute atomic E-state index is 12.9. The second kappa shape index (κ2) is 7.61. The fourth-order valence-corrected chi connectivity index (χ4v) is 3.29. The zero-order valence-corrected chi connectivity index (χ0v) is 13.7.